The number of hydrogen-bond acceptors (Lipinski definition) is 6. The van der Waals surface area contributed by atoms with E-state index < -0.39 is 5.60 Å². The Labute approximate surface area is 136 Å². The Balaban J connectivity index is 2.02. The number of aliphatic hydroxyl groups is 1. The molecule has 23 heavy (non-hydrogen) atoms. The van der Waals surface area contributed by atoms with Crippen molar-refractivity contribution in [3.63, 3.8) is 0 Å². The minimum Gasteiger partial charge on any atom is -0.387 e. The topological polar surface area (TPSA) is 85.6 Å². The summed E-state index contributed by atoms with van der Waals surface area (Å²) in [5.41, 5.74) is 0.620. The Bertz CT molecular complexity index is 602. The number of anilines is 1. The number of nitriles is 1. The van der Waals surface area contributed by atoms with Gasteiger partial charge in [0.1, 0.15) is 6.07 Å². The van der Waals surface area contributed by atoms with Crippen molar-refractivity contribution in [1.82, 2.24) is 4.90 Å². The quantitative estimate of drug-likeness (QED) is 0.768. The number of ether oxygens (including phenoxy) is 1. The number of nitrogens with zero attached hydrogens (tertiary/aromatic N) is 2. The van der Waals surface area contributed by atoms with Gasteiger partial charge >= 0.3 is 0 Å². The maximum atomic E-state index is 11.5. The average Bonchev–Trinajstić information content (AvgIpc) is 2.53. The van der Waals surface area contributed by atoms with E-state index in [4.69, 9.17) is 4.74 Å². The monoisotopic (exact) mass is 317 g/mol. The van der Waals surface area contributed by atoms with E-state index in [1.807, 2.05) is 0 Å². The number of morpholine rings is 1. The molecule has 1 aromatic rings. The van der Waals surface area contributed by atoms with Crippen LogP contribution >= 0.6 is 0 Å². The number of nitrogens with one attached hydrogen (secondary N) is 1. The third-order valence-electron chi connectivity index (χ3n) is 3.87. The molecule has 1 saturated heterocycles. The zero-order valence-corrected chi connectivity index (χ0v) is 13.6. The second-order valence-corrected chi connectivity index (χ2v) is 6.17. The van der Waals surface area contributed by atoms with Gasteiger partial charge in [0.25, 0.3) is 0 Å². The van der Waals surface area contributed by atoms with Crippen molar-refractivity contribution in [2.75, 3.05) is 44.7 Å². The molecule has 124 valence electrons. The van der Waals surface area contributed by atoms with Gasteiger partial charge in [0.05, 0.1) is 30.1 Å². The Morgan fingerprint density at radius 1 is 1.48 bits per heavy atom. The Kier molecular flexibility index (Phi) is 5.72. The zero-order chi connectivity index (χ0) is 16.9. The van der Waals surface area contributed by atoms with E-state index in [0.29, 0.717) is 43.1 Å². The normalized spacial score (nSPS) is 18.0. The highest BCUT2D eigenvalue weighted by Crippen LogP contribution is 2.19. The van der Waals surface area contributed by atoms with E-state index in [0.717, 1.165) is 13.1 Å². The number of carbonyl (C=O) groups excluding carboxylic acids is 1. The maximum Gasteiger partial charge on any atom is 0.159 e. The van der Waals surface area contributed by atoms with Gasteiger partial charge in [-0.15, -0.1) is 0 Å². The Hall–Kier alpha value is -1.94. The van der Waals surface area contributed by atoms with Crippen molar-refractivity contribution < 1.29 is 14.6 Å². The first kappa shape index (κ1) is 17.4. The average molecular weight is 317 g/mol. The fourth-order valence-corrected chi connectivity index (χ4v) is 2.59. The molecule has 1 aliphatic rings. The highest BCUT2D eigenvalue weighted by molar-refractivity contribution is 5.95. The van der Waals surface area contributed by atoms with Crippen LogP contribution < -0.4 is 5.32 Å². The lowest BCUT2D eigenvalue weighted by Crippen LogP contribution is -2.49. The summed E-state index contributed by atoms with van der Waals surface area (Å²) in [5.74, 6) is -0.0578. The van der Waals surface area contributed by atoms with Crippen LogP contribution in [0.1, 0.15) is 29.8 Å². The van der Waals surface area contributed by atoms with Crippen LogP contribution in [0.3, 0.4) is 0 Å². The van der Waals surface area contributed by atoms with Crippen molar-refractivity contribution in [1.29, 1.82) is 5.26 Å². The molecule has 0 spiro atoms. The summed E-state index contributed by atoms with van der Waals surface area (Å²) in [6.07, 6.45) is 0. The second kappa shape index (κ2) is 7.55. The van der Waals surface area contributed by atoms with E-state index in [2.05, 4.69) is 16.3 Å². The summed E-state index contributed by atoms with van der Waals surface area (Å²) < 4.78 is 5.30. The molecule has 1 aliphatic heterocycles. The third kappa shape index (κ3) is 5.03. The Morgan fingerprint density at radius 2 is 2.17 bits per heavy atom. The molecule has 2 rings (SSSR count). The highest BCUT2D eigenvalue weighted by Gasteiger charge is 2.25. The molecular formula is C17H23N3O3. The zero-order valence-electron chi connectivity index (χ0n) is 13.6. The van der Waals surface area contributed by atoms with Gasteiger partial charge in [-0.1, -0.05) is 0 Å². The van der Waals surface area contributed by atoms with Crippen LogP contribution in [0.5, 0.6) is 0 Å². The summed E-state index contributed by atoms with van der Waals surface area (Å²) in [6, 6.07) is 7.01. The summed E-state index contributed by atoms with van der Waals surface area (Å²) in [7, 11) is 0. The van der Waals surface area contributed by atoms with Crippen LogP contribution in [0.4, 0.5) is 5.69 Å². The van der Waals surface area contributed by atoms with Crippen LogP contribution in [-0.4, -0.2) is 60.8 Å². The predicted molar refractivity (Wildman–Crippen MR) is 87.5 cm³/mol. The van der Waals surface area contributed by atoms with Crippen molar-refractivity contribution in [3.8, 4) is 6.07 Å². The molecule has 1 aromatic carbocycles. The molecule has 1 atom stereocenters. The molecule has 1 unspecified atom stereocenters. The third-order valence-corrected chi connectivity index (χ3v) is 3.87. The highest BCUT2D eigenvalue weighted by atomic mass is 16.5. The van der Waals surface area contributed by atoms with Gasteiger partial charge < -0.3 is 15.2 Å². The fourth-order valence-electron chi connectivity index (χ4n) is 2.59. The number of ketones is 1. The van der Waals surface area contributed by atoms with Crippen molar-refractivity contribution in [3.05, 3.63) is 29.3 Å². The van der Waals surface area contributed by atoms with Gasteiger partial charge in [0.15, 0.2) is 5.78 Å². The number of β-amino-alcohol motifs (C(OH)–C–C–N with tert-alkyl or cyclic N) is 1. The Morgan fingerprint density at radius 3 is 2.78 bits per heavy atom. The largest absolute Gasteiger partial charge is 0.387 e. The molecule has 1 fully saturated rings. The minimum atomic E-state index is -0.948. The predicted octanol–water partition coefficient (Wildman–Crippen LogP) is 1.26. The molecule has 6 nitrogen and oxygen atoms in total. The van der Waals surface area contributed by atoms with E-state index >= 15 is 0 Å². The van der Waals surface area contributed by atoms with Gasteiger partial charge in [0.2, 0.25) is 0 Å². The summed E-state index contributed by atoms with van der Waals surface area (Å²) in [4.78, 5) is 13.6. The summed E-state index contributed by atoms with van der Waals surface area (Å²) in [6.45, 7) is 7.04. The lowest BCUT2D eigenvalue weighted by atomic mass is 10.0. The standard InChI is InChI=1S/C17H23N3O3/c1-13(21)14-3-4-15(10-18)16(9-14)19-11-17(2,22)12-20-5-7-23-8-6-20/h3-4,9,19,22H,5-8,11-12H2,1-2H3. The van der Waals surface area contributed by atoms with Crippen molar-refractivity contribution in [2.45, 2.75) is 19.4 Å². The molecule has 0 saturated carbocycles. The number of rotatable bonds is 6. The molecular weight excluding hydrogens is 294 g/mol. The minimum absolute atomic E-state index is 0.0578. The number of carbonyl (C=O) groups is 1. The van der Waals surface area contributed by atoms with E-state index in [1.165, 1.54) is 6.92 Å². The van der Waals surface area contributed by atoms with Gasteiger partial charge in [-0.25, -0.2) is 0 Å². The van der Waals surface area contributed by atoms with Crippen LogP contribution in [0.25, 0.3) is 0 Å². The van der Waals surface area contributed by atoms with Crippen molar-refractivity contribution >= 4 is 11.5 Å². The summed E-state index contributed by atoms with van der Waals surface area (Å²) in [5, 5.41) is 22.9. The molecule has 0 aromatic heterocycles. The molecule has 0 radical (unpaired) electrons. The van der Waals surface area contributed by atoms with Crippen molar-refractivity contribution in [2.24, 2.45) is 0 Å². The number of Topliss-reactive ketones (excluding diaryl/α,β-unsaturated/α-hetero) is 1. The molecule has 0 amide bonds. The number of benzene rings is 1. The summed E-state index contributed by atoms with van der Waals surface area (Å²) >= 11 is 0. The van der Waals surface area contributed by atoms with E-state index in [-0.39, 0.29) is 5.78 Å². The SMILES string of the molecule is CC(=O)c1ccc(C#N)c(NCC(C)(O)CN2CCOCC2)c1. The van der Waals surface area contributed by atoms with E-state index in [9.17, 15) is 15.2 Å². The second-order valence-electron chi connectivity index (χ2n) is 6.17. The number of hydrogen-bond donors (Lipinski definition) is 2. The molecule has 0 bridgehead atoms. The first-order valence-electron chi connectivity index (χ1n) is 7.73. The van der Waals surface area contributed by atoms with Crippen LogP contribution in [0, 0.1) is 11.3 Å². The smallest absolute Gasteiger partial charge is 0.159 e. The lowest BCUT2D eigenvalue weighted by Gasteiger charge is -2.34. The molecule has 2 N–H and O–H groups in total. The van der Waals surface area contributed by atoms with Gasteiger partial charge in [-0.05, 0) is 32.0 Å². The van der Waals surface area contributed by atoms with Gasteiger partial charge in [-0.2, -0.15) is 5.26 Å². The van der Waals surface area contributed by atoms with Gasteiger partial charge in [-0.3, -0.25) is 9.69 Å². The maximum absolute atomic E-state index is 11.5. The van der Waals surface area contributed by atoms with Crippen LogP contribution in [0.2, 0.25) is 0 Å². The first-order chi connectivity index (χ1) is 10.9. The van der Waals surface area contributed by atoms with Crippen LogP contribution in [0.15, 0.2) is 18.2 Å². The van der Waals surface area contributed by atoms with Gasteiger partial charge in [0, 0.05) is 31.7 Å². The lowest BCUT2D eigenvalue weighted by molar-refractivity contribution is -0.0163. The van der Waals surface area contributed by atoms with E-state index in [1.54, 1.807) is 25.1 Å². The van der Waals surface area contributed by atoms with Crippen LogP contribution in [-0.2, 0) is 4.74 Å². The fraction of sp³-hybridized carbons (Fsp3) is 0.529. The molecule has 0 aliphatic carbocycles. The first-order valence-corrected chi connectivity index (χ1v) is 7.73. The molecule has 6 heteroatoms. The molecule has 1 heterocycles.